The molecule has 0 aliphatic carbocycles. The Morgan fingerprint density at radius 1 is 0.952 bits per heavy atom. The molecule has 212 valence electrons. The number of amides is 2. The lowest BCUT2D eigenvalue weighted by Gasteiger charge is -2.10. The number of ether oxygens (including phenoxy) is 2. The van der Waals surface area contributed by atoms with Gasteiger partial charge in [-0.3, -0.25) is 19.7 Å². The van der Waals surface area contributed by atoms with Gasteiger partial charge in [-0.1, -0.05) is 18.2 Å². The monoisotopic (exact) mass is 568 g/mol. The zero-order valence-corrected chi connectivity index (χ0v) is 22.2. The Labute approximate surface area is 239 Å². The minimum absolute atomic E-state index is 0.0966. The first kappa shape index (κ1) is 29.0. The molecule has 0 saturated carbocycles. The van der Waals surface area contributed by atoms with Gasteiger partial charge in [0.05, 0.1) is 24.0 Å². The first-order chi connectivity index (χ1) is 20.3. The molecule has 42 heavy (non-hydrogen) atoms. The van der Waals surface area contributed by atoms with E-state index < -0.39 is 22.7 Å². The van der Waals surface area contributed by atoms with Gasteiger partial charge in [0.2, 0.25) is 0 Å². The van der Waals surface area contributed by atoms with Gasteiger partial charge in [0.25, 0.3) is 17.5 Å². The Bertz CT molecular complexity index is 1660. The number of non-ortho nitro benzene ring substituents is 1. The lowest BCUT2D eigenvalue weighted by atomic mass is 10.2. The van der Waals surface area contributed by atoms with E-state index in [0.29, 0.717) is 16.8 Å². The number of benzene rings is 3. The van der Waals surface area contributed by atoms with Crippen molar-refractivity contribution in [1.29, 1.82) is 0 Å². The zero-order valence-electron chi connectivity index (χ0n) is 22.2. The molecule has 0 atom stereocenters. The highest BCUT2D eigenvalue weighted by molar-refractivity contribution is 6.03. The molecular formula is C30H24N4O8. The third-order valence-electron chi connectivity index (χ3n) is 5.48. The van der Waals surface area contributed by atoms with Gasteiger partial charge in [-0.25, -0.2) is 10.2 Å². The summed E-state index contributed by atoms with van der Waals surface area (Å²) < 4.78 is 16.0. The number of furan rings is 1. The Kier molecular flexibility index (Phi) is 9.55. The van der Waals surface area contributed by atoms with Crippen LogP contribution in [-0.4, -0.2) is 35.5 Å². The van der Waals surface area contributed by atoms with Crippen molar-refractivity contribution in [2.45, 2.75) is 6.92 Å². The standard InChI is InChI=1S/C30H24N4O8/c1-2-40-27-17-21(11-13-25(27)42-28(35)14-12-20-6-3-9-24(16-20)34(38)39)19-31-33-29(36)22-7-4-8-23(18-22)32-30(37)26-10-5-15-41-26/h3-19H,2H2,1H3,(H,32,37)(H,33,36)/b14-12+,31-19?. The number of anilines is 1. The van der Waals surface area contributed by atoms with Gasteiger partial charge in [0, 0.05) is 29.5 Å². The van der Waals surface area contributed by atoms with Crippen LogP contribution >= 0.6 is 0 Å². The van der Waals surface area contributed by atoms with Crippen molar-refractivity contribution in [1.82, 2.24) is 5.43 Å². The van der Waals surface area contributed by atoms with E-state index in [1.54, 1.807) is 49.4 Å². The Morgan fingerprint density at radius 2 is 1.79 bits per heavy atom. The largest absolute Gasteiger partial charge is 0.490 e. The first-order valence-corrected chi connectivity index (χ1v) is 12.5. The number of hydrazone groups is 1. The average Bonchev–Trinajstić information content (AvgIpc) is 3.53. The summed E-state index contributed by atoms with van der Waals surface area (Å²) >= 11 is 0. The highest BCUT2D eigenvalue weighted by atomic mass is 16.6. The molecule has 0 aliphatic rings. The fourth-order valence-electron chi connectivity index (χ4n) is 3.57. The van der Waals surface area contributed by atoms with Crippen molar-refractivity contribution in [3.05, 3.63) is 124 Å². The molecule has 0 bridgehead atoms. The van der Waals surface area contributed by atoms with Crippen LogP contribution < -0.4 is 20.2 Å². The second-order valence-corrected chi connectivity index (χ2v) is 8.46. The van der Waals surface area contributed by atoms with E-state index in [-0.39, 0.29) is 35.1 Å². The number of nitrogens with zero attached hydrogens (tertiary/aromatic N) is 2. The second-order valence-electron chi connectivity index (χ2n) is 8.46. The lowest BCUT2D eigenvalue weighted by molar-refractivity contribution is -0.384. The molecule has 0 fully saturated rings. The van der Waals surface area contributed by atoms with Crippen LogP contribution in [0.4, 0.5) is 11.4 Å². The van der Waals surface area contributed by atoms with Gasteiger partial charge >= 0.3 is 5.97 Å². The number of hydrogen-bond donors (Lipinski definition) is 2. The van der Waals surface area contributed by atoms with Gasteiger partial charge in [-0.05, 0) is 72.7 Å². The molecule has 0 saturated heterocycles. The van der Waals surface area contributed by atoms with Crippen molar-refractivity contribution in [2.75, 3.05) is 11.9 Å². The minimum atomic E-state index is -0.710. The summed E-state index contributed by atoms with van der Waals surface area (Å²) in [6.07, 6.45) is 5.33. The Hall–Kier alpha value is -6.04. The van der Waals surface area contributed by atoms with Crippen LogP contribution in [0.3, 0.4) is 0 Å². The number of rotatable bonds is 11. The van der Waals surface area contributed by atoms with Crippen molar-refractivity contribution < 1.29 is 33.2 Å². The summed E-state index contributed by atoms with van der Waals surface area (Å²) in [5.41, 5.74) is 4.00. The van der Waals surface area contributed by atoms with E-state index in [1.807, 2.05) is 0 Å². The quantitative estimate of drug-likeness (QED) is 0.0621. The van der Waals surface area contributed by atoms with E-state index in [2.05, 4.69) is 15.8 Å². The molecular weight excluding hydrogens is 544 g/mol. The predicted octanol–water partition coefficient (Wildman–Crippen LogP) is 5.22. The number of nitrogens with one attached hydrogen (secondary N) is 2. The maximum Gasteiger partial charge on any atom is 0.336 e. The molecule has 0 aliphatic heterocycles. The summed E-state index contributed by atoms with van der Waals surface area (Å²) in [5.74, 6) is -1.11. The molecule has 2 N–H and O–H groups in total. The fraction of sp³-hybridized carbons (Fsp3) is 0.0667. The van der Waals surface area contributed by atoms with Gasteiger partial charge in [-0.2, -0.15) is 5.10 Å². The average molecular weight is 569 g/mol. The van der Waals surface area contributed by atoms with E-state index >= 15 is 0 Å². The second kappa shape index (κ2) is 13.8. The molecule has 0 radical (unpaired) electrons. The summed E-state index contributed by atoms with van der Waals surface area (Å²) in [7, 11) is 0. The number of nitro groups is 1. The molecule has 3 aromatic carbocycles. The fourth-order valence-corrected chi connectivity index (χ4v) is 3.57. The minimum Gasteiger partial charge on any atom is -0.490 e. The number of carbonyl (C=O) groups is 3. The molecule has 4 aromatic rings. The molecule has 12 heteroatoms. The summed E-state index contributed by atoms with van der Waals surface area (Å²) in [5, 5.41) is 17.6. The molecule has 0 spiro atoms. The topological polar surface area (TPSA) is 162 Å². The van der Waals surface area contributed by atoms with Gasteiger partial charge in [0.1, 0.15) is 0 Å². The molecule has 2 amide bonds. The third kappa shape index (κ3) is 7.99. The number of hydrogen-bond acceptors (Lipinski definition) is 9. The van der Waals surface area contributed by atoms with E-state index in [1.165, 1.54) is 55.0 Å². The van der Waals surface area contributed by atoms with Crippen molar-refractivity contribution in [3.8, 4) is 11.5 Å². The maximum atomic E-state index is 12.6. The van der Waals surface area contributed by atoms with Crippen LogP contribution in [0.2, 0.25) is 0 Å². The Balaban J connectivity index is 1.37. The highest BCUT2D eigenvalue weighted by Gasteiger charge is 2.12. The van der Waals surface area contributed by atoms with Crippen LogP contribution in [0.5, 0.6) is 11.5 Å². The van der Waals surface area contributed by atoms with Crippen molar-refractivity contribution >= 4 is 41.4 Å². The SMILES string of the molecule is CCOc1cc(C=NNC(=O)c2cccc(NC(=O)c3ccco3)c2)ccc1OC(=O)/C=C/c1cccc([N+](=O)[O-])c1. The van der Waals surface area contributed by atoms with Gasteiger partial charge < -0.3 is 19.2 Å². The van der Waals surface area contributed by atoms with Gasteiger partial charge in [-0.15, -0.1) is 0 Å². The first-order valence-electron chi connectivity index (χ1n) is 12.5. The normalized spacial score (nSPS) is 10.9. The van der Waals surface area contributed by atoms with Crippen molar-refractivity contribution in [2.24, 2.45) is 5.10 Å². The lowest BCUT2D eigenvalue weighted by Crippen LogP contribution is -2.18. The molecule has 1 aromatic heterocycles. The van der Waals surface area contributed by atoms with Crippen LogP contribution in [-0.2, 0) is 4.79 Å². The molecule has 4 rings (SSSR count). The molecule has 12 nitrogen and oxygen atoms in total. The zero-order chi connectivity index (χ0) is 29.9. The maximum absolute atomic E-state index is 12.6. The highest BCUT2D eigenvalue weighted by Crippen LogP contribution is 2.28. The van der Waals surface area contributed by atoms with Crippen molar-refractivity contribution in [3.63, 3.8) is 0 Å². The van der Waals surface area contributed by atoms with Crippen LogP contribution in [0.1, 0.15) is 39.0 Å². The summed E-state index contributed by atoms with van der Waals surface area (Å²) in [4.78, 5) is 47.5. The van der Waals surface area contributed by atoms with Crippen LogP contribution in [0.15, 0.2) is 101 Å². The van der Waals surface area contributed by atoms with Crippen LogP contribution in [0.25, 0.3) is 6.08 Å². The molecule has 0 unspecified atom stereocenters. The Morgan fingerprint density at radius 3 is 2.55 bits per heavy atom. The van der Waals surface area contributed by atoms with E-state index in [9.17, 15) is 24.5 Å². The van der Waals surface area contributed by atoms with Crippen LogP contribution in [0, 0.1) is 10.1 Å². The summed E-state index contributed by atoms with van der Waals surface area (Å²) in [6.45, 7) is 2.05. The smallest absolute Gasteiger partial charge is 0.336 e. The molecule has 1 heterocycles. The van der Waals surface area contributed by atoms with Gasteiger partial charge in [0.15, 0.2) is 17.3 Å². The number of nitro benzene ring substituents is 1. The van der Waals surface area contributed by atoms with E-state index in [4.69, 9.17) is 13.9 Å². The van der Waals surface area contributed by atoms with E-state index in [0.717, 1.165) is 6.08 Å². The number of esters is 1. The number of carbonyl (C=O) groups excluding carboxylic acids is 3. The predicted molar refractivity (Wildman–Crippen MR) is 154 cm³/mol. The summed E-state index contributed by atoms with van der Waals surface area (Å²) in [6, 6.07) is 19.9. The third-order valence-corrected chi connectivity index (χ3v) is 5.48.